The molecule has 144 valence electrons. The van der Waals surface area contributed by atoms with E-state index in [1.54, 1.807) is 18.3 Å². The van der Waals surface area contributed by atoms with Crippen molar-refractivity contribution in [1.29, 1.82) is 0 Å². The molecule has 0 spiro atoms. The Balaban J connectivity index is 1.48. The van der Waals surface area contributed by atoms with Crippen LogP contribution in [0.3, 0.4) is 0 Å². The number of nitrogens with zero attached hydrogens (tertiary/aromatic N) is 3. The van der Waals surface area contributed by atoms with Gasteiger partial charge in [0.1, 0.15) is 0 Å². The molecule has 1 aliphatic rings. The number of nitro groups is 1. The summed E-state index contributed by atoms with van der Waals surface area (Å²) in [5, 5.41) is 17.7. The van der Waals surface area contributed by atoms with Crippen LogP contribution < -0.4 is 5.32 Å². The zero-order chi connectivity index (χ0) is 19.2. The average molecular weight is 372 g/mol. The zero-order valence-corrected chi connectivity index (χ0v) is 15.3. The third kappa shape index (κ3) is 4.91. The largest absolute Gasteiger partial charge is 0.376 e. The minimum atomic E-state index is -0.456. The lowest BCUT2D eigenvalue weighted by Crippen LogP contribution is -2.31. The standard InChI is InChI=1S/C19H24N4O4/c1-14-4-2-3-5-18(14)27-11-10-20-19(24)15-12-21-22(13-15)16-6-8-17(9-7-16)23(25)26/h6-9,12-14,18H,2-5,10-11H2,1H3,(H,20,24). The molecule has 1 heterocycles. The van der Waals surface area contributed by atoms with Crippen LogP contribution in [0.15, 0.2) is 36.7 Å². The van der Waals surface area contributed by atoms with Crippen LogP contribution in [0.1, 0.15) is 43.0 Å². The van der Waals surface area contributed by atoms with Crippen molar-refractivity contribution in [3.63, 3.8) is 0 Å². The molecule has 2 aromatic rings. The van der Waals surface area contributed by atoms with Gasteiger partial charge in [-0.15, -0.1) is 0 Å². The Labute approximate surface area is 157 Å². The molecule has 27 heavy (non-hydrogen) atoms. The minimum absolute atomic E-state index is 0.0103. The summed E-state index contributed by atoms with van der Waals surface area (Å²) < 4.78 is 7.41. The second-order valence-corrected chi connectivity index (χ2v) is 6.87. The summed E-state index contributed by atoms with van der Waals surface area (Å²) in [7, 11) is 0. The second-order valence-electron chi connectivity index (χ2n) is 6.87. The second kappa shape index (κ2) is 8.77. The normalized spacial score (nSPS) is 19.6. The van der Waals surface area contributed by atoms with Crippen LogP contribution in [0.4, 0.5) is 5.69 Å². The van der Waals surface area contributed by atoms with Gasteiger partial charge in [-0.1, -0.05) is 19.8 Å². The molecule has 0 aliphatic heterocycles. The van der Waals surface area contributed by atoms with Crippen molar-refractivity contribution in [2.45, 2.75) is 38.7 Å². The van der Waals surface area contributed by atoms with E-state index >= 15 is 0 Å². The molecule has 1 fully saturated rings. The van der Waals surface area contributed by atoms with Gasteiger partial charge in [0, 0.05) is 24.9 Å². The van der Waals surface area contributed by atoms with Gasteiger partial charge < -0.3 is 10.1 Å². The van der Waals surface area contributed by atoms with Gasteiger partial charge in [0.15, 0.2) is 0 Å². The Bertz CT molecular complexity index is 787. The predicted octanol–water partition coefficient (Wildman–Crippen LogP) is 3.11. The van der Waals surface area contributed by atoms with E-state index in [2.05, 4.69) is 17.3 Å². The molecule has 0 saturated heterocycles. The van der Waals surface area contributed by atoms with E-state index in [1.165, 1.54) is 42.3 Å². The maximum atomic E-state index is 12.2. The summed E-state index contributed by atoms with van der Waals surface area (Å²) in [6.07, 6.45) is 8.15. The summed E-state index contributed by atoms with van der Waals surface area (Å²) in [5.41, 5.74) is 1.09. The van der Waals surface area contributed by atoms with E-state index in [1.807, 2.05) is 0 Å². The first kappa shape index (κ1) is 19.0. The van der Waals surface area contributed by atoms with Gasteiger partial charge in [0.2, 0.25) is 0 Å². The van der Waals surface area contributed by atoms with Crippen molar-refractivity contribution in [2.75, 3.05) is 13.2 Å². The molecular weight excluding hydrogens is 348 g/mol. The van der Waals surface area contributed by atoms with Crippen LogP contribution in [0, 0.1) is 16.0 Å². The van der Waals surface area contributed by atoms with E-state index in [4.69, 9.17) is 4.74 Å². The number of rotatable bonds is 7. The van der Waals surface area contributed by atoms with Gasteiger partial charge in [-0.2, -0.15) is 5.10 Å². The Morgan fingerprint density at radius 1 is 1.33 bits per heavy atom. The van der Waals surface area contributed by atoms with Gasteiger partial charge in [-0.3, -0.25) is 14.9 Å². The monoisotopic (exact) mass is 372 g/mol. The van der Waals surface area contributed by atoms with Crippen molar-refractivity contribution in [2.24, 2.45) is 5.92 Å². The van der Waals surface area contributed by atoms with Crippen molar-refractivity contribution < 1.29 is 14.5 Å². The molecule has 1 saturated carbocycles. The quantitative estimate of drug-likeness (QED) is 0.457. The minimum Gasteiger partial charge on any atom is -0.376 e. The third-order valence-electron chi connectivity index (χ3n) is 4.92. The SMILES string of the molecule is CC1CCCCC1OCCNC(=O)c1cnn(-c2ccc([N+](=O)[O-])cc2)c1. The summed E-state index contributed by atoms with van der Waals surface area (Å²) in [4.78, 5) is 22.5. The van der Waals surface area contributed by atoms with Crippen LogP contribution in [-0.4, -0.2) is 39.9 Å². The molecule has 1 aromatic heterocycles. The number of non-ortho nitro benzene ring substituents is 1. The fraction of sp³-hybridized carbons (Fsp3) is 0.474. The molecule has 1 amide bonds. The highest BCUT2D eigenvalue weighted by molar-refractivity contribution is 5.93. The van der Waals surface area contributed by atoms with Gasteiger partial charge in [0.05, 0.1) is 35.1 Å². The van der Waals surface area contributed by atoms with Crippen molar-refractivity contribution >= 4 is 11.6 Å². The van der Waals surface area contributed by atoms with Gasteiger partial charge in [-0.05, 0) is 30.9 Å². The molecule has 1 aliphatic carbocycles. The zero-order valence-electron chi connectivity index (χ0n) is 15.3. The number of benzene rings is 1. The van der Waals surface area contributed by atoms with E-state index in [-0.39, 0.29) is 11.6 Å². The molecule has 2 atom stereocenters. The Morgan fingerprint density at radius 2 is 2.07 bits per heavy atom. The van der Waals surface area contributed by atoms with E-state index in [0.29, 0.717) is 36.4 Å². The molecular formula is C19H24N4O4. The number of ether oxygens (including phenoxy) is 1. The Hall–Kier alpha value is -2.74. The highest BCUT2D eigenvalue weighted by Crippen LogP contribution is 2.26. The number of carbonyl (C=O) groups excluding carboxylic acids is 1. The fourth-order valence-electron chi connectivity index (χ4n) is 3.32. The molecule has 1 N–H and O–H groups in total. The smallest absolute Gasteiger partial charge is 0.269 e. The van der Waals surface area contributed by atoms with Crippen molar-refractivity contribution in [3.05, 3.63) is 52.3 Å². The first-order valence-electron chi connectivity index (χ1n) is 9.24. The van der Waals surface area contributed by atoms with E-state index < -0.39 is 4.92 Å². The lowest BCUT2D eigenvalue weighted by Gasteiger charge is -2.28. The average Bonchev–Trinajstić information content (AvgIpc) is 3.17. The van der Waals surface area contributed by atoms with Crippen molar-refractivity contribution in [1.82, 2.24) is 15.1 Å². The fourth-order valence-corrected chi connectivity index (χ4v) is 3.32. The highest BCUT2D eigenvalue weighted by atomic mass is 16.6. The third-order valence-corrected chi connectivity index (χ3v) is 4.92. The topological polar surface area (TPSA) is 99.3 Å². The number of nitro benzene ring substituents is 1. The number of carbonyl (C=O) groups is 1. The van der Waals surface area contributed by atoms with Gasteiger partial charge in [-0.25, -0.2) is 4.68 Å². The maximum Gasteiger partial charge on any atom is 0.269 e. The Morgan fingerprint density at radius 3 is 2.78 bits per heavy atom. The van der Waals surface area contributed by atoms with E-state index in [0.717, 1.165) is 6.42 Å². The molecule has 8 heteroatoms. The lowest BCUT2D eigenvalue weighted by atomic mass is 9.88. The lowest BCUT2D eigenvalue weighted by molar-refractivity contribution is -0.384. The number of aromatic nitrogens is 2. The highest BCUT2D eigenvalue weighted by Gasteiger charge is 2.21. The van der Waals surface area contributed by atoms with Gasteiger partial charge >= 0.3 is 0 Å². The molecule has 3 rings (SSSR count). The molecule has 0 bridgehead atoms. The molecule has 1 aromatic carbocycles. The van der Waals surface area contributed by atoms with Crippen LogP contribution >= 0.6 is 0 Å². The van der Waals surface area contributed by atoms with Gasteiger partial charge in [0.25, 0.3) is 11.6 Å². The summed E-state index contributed by atoms with van der Waals surface area (Å²) in [6, 6.07) is 5.98. The van der Waals surface area contributed by atoms with Crippen molar-refractivity contribution in [3.8, 4) is 5.69 Å². The Kier molecular flexibility index (Phi) is 6.18. The summed E-state index contributed by atoms with van der Waals surface area (Å²) in [5.74, 6) is 0.359. The first-order chi connectivity index (χ1) is 13.0. The van der Waals surface area contributed by atoms with Crippen LogP contribution in [-0.2, 0) is 4.74 Å². The summed E-state index contributed by atoms with van der Waals surface area (Å²) in [6.45, 7) is 3.16. The van der Waals surface area contributed by atoms with Crippen LogP contribution in [0.5, 0.6) is 0 Å². The van der Waals surface area contributed by atoms with E-state index in [9.17, 15) is 14.9 Å². The number of hydrogen-bond donors (Lipinski definition) is 1. The predicted molar refractivity (Wildman–Crippen MR) is 99.9 cm³/mol. The van der Waals surface area contributed by atoms with Crippen LogP contribution in [0.2, 0.25) is 0 Å². The summed E-state index contributed by atoms with van der Waals surface area (Å²) >= 11 is 0. The maximum absolute atomic E-state index is 12.2. The molecule has 8 nitrogen and oxygen atoms in total. The molecule has 2 unspecified atom stereocenters. The number of hydrogen-bond acceptors (Lipinski definition) is 5. The van der Waals surface area contributed by atoms with Crippen LogP contribution in [0.25, 0.3) is 5.69 Å². The number of amides is 1. The first-order valence-corrected chi connectivity index (χ1v) is 9.24. The number of nitrogens with one attached hydrogen (secondary N) is 1. The molecule has 0 radical (unpaired) electrons.